The third kappa shape index (κ3) is 4.51. The average molecular weight is 302 g/mol. The van der Waals surface area contributed by atoms with Gasteiger partial charge in [0.15, 0.2) is 0 Å². The molecular formula is C12H18N2O5S. The van der Waals surface area contributed by atoms with Crippen molar-refractivity contribution in [2.24, 2.45) is 5.92 Å². The second kappa shape index (κ2) is 6.72. The summed E-state index contributed by atoms with van der Waals surface area (Å²) in [4.78, 5) is 24.0. The molecular weight excluding hydrogens is 284 g/mol. The lowest BCUT2D eigenvalue weighted by atomic mass is 9.96. The molecule has 1 saturated heterocycles. The number of carboxylic acid groups (broad SMARTS) is 1. The van der Waals surface area contributed by atoms with Crippen LogP contribution in [0.2, 0.25) is 0 Å². The number of carboxylic acids is 1. The number of terminal acetylenes is 1. The van der Waals surface area contributed by atoms with E-state index in [1.807, 2.05) is 0 Å². The summed E-state index contributed by atoms with van der Waals surface area (Å²) in [6.45, 7) is 0.0468. The summed E-state index contributed by atoms with van der Waals surface area (Å²) in [6.07, 6.45) is 7.02. The SMILES string of the molecule is C#CCN(CC(=O)O)C(=O)C1CCN(S(C)(=O)=O)CC1. The van der Waals surface area contributed by atoms with Crippen LogP contribution in [0.1, 0.15) is 12.8 Å². The van der Waals surface area contributed by atoms with Gasteiger partial charge in [-0.25, -0.2) is 12.7 Å². The fraction of sp³-hybridized carbons (Fsp3) is 0.667. The van der Waals surface area contributed by atoms with Gasteiger partial charge in [0, 0.05) is 19.0 Å². The molecule has 0 aromatic rings. The van der Waals surface area contributed by atoms with Crippen molar-refractivity contribution in [2.45, 2.75) is 12.8 Å². The molecule has 0 bridgehead atoms. The van der Waals surface area contributed by atoms with Crippen molar-refractivity contribution < 1.29 is 23.1 Å². The third-order valence-electron chi connectivity index (χ3n) is 3.19. The van der Waals surface area contributed by atoms with E-state index in [9.17, 15) is 18.0 Å². The summed E-state index contributed by atoms with van der Waals surface area (Å²) in [5.41, 5.74) is 0. The Morgan fingerprint density at radius 2 is 1.95 bits per heavy atom. The van der Waals surface area contributed by atoms with Crippen LogP contribution in [0.5, 0.6) is 0 Å². The number of carbonyl (C=O) groups excluding carboxylic acids is 1. The molecule has 1 heterocycles. The van der Waals surface area contributed by atoms with Gasteiger partial charge in [0.2, 0.25) is 15.9 Å². The molecule has 1 rings (SSSR count). The fourth-order valence-electron chi connectivity index (χ4n) is 2.18. The molecule has 1 amide bonds. The molecule has 1 N–H and O–H groups in total. The molecule has 1 aliphatic heterocycles. The number of carbonyl (C=O) groups is 2. The van der Waals surface area contributed by atoms with Gasteiger partial charge in [-0.15, -0.1) is 6.42 Å². The van der Waals surface area contributed by atoms with E-state index in [0.717, 1.165) is 11.2 Å². The van der Waals surface area contributed by atoms with E-state index in [0.29, 0.717) is 12.8 Å². The van der Waals surface area contributed by atoms with Crippen molar-refractivity contribution in [3.8, 4) is 12.3 Å². The van der Waals surface area contributed by atoms with Crippen molar-refractivity contribution in [1.82, 2.24) is 9.21 Å². The van der Waals surface area contributed by atoms with E-state index < -0.39 is 22.5 Å². The molecule has 0 saturated carbocycles. The quantitative estimate of drug-likeness (QED) is 0.671. The van der Waals surface area contributed by atoms with Gasteiger partial charge in [0.05, 0.1) is 12.8 Å². The van der Waals surface area contributed by atoms with E-state index in [1.54, 1.807) is 0 Å². The predicted octanol–water partition coefficient (Wildman–Crippen LogP) is -0.796. The number of amides is 1. The molecule has 20 heavy (non-hydrogen) atoms. The van der Waals surface area contributed by atoms with Crippen molar-refractivity contribution in [2.75, 3.05) is 32.4 Å². The molecule has 0 radical (unpaired) electrons. The summed E-state index contributed by atoms with van der Waals surface area (Å²) < 4.78 is 24.1. The molecule has 1 aliphatic rings. The number of hydrogen-bond donors (Lipinski definition) is 1. The Balaban J connectivity index is 2.65. The van der Waals surface area contributed by atoms with Crippen LogP contribution in [0.25, 0.3) is 0 Å². The summed E-state index contributed by atoms with van der Waals surface area (Å²) >= 11 is 0. The smallest absolute Gasteiger partial charge is 0.323 e. The fourth-order valence-corrected chi connectivity index (χ4v) is 3.05. The highest BCUT2D eigenvalue weighted by atomic mass is 32.2. The van der Waals surface area contributed by atoms with Crippen LogP contribution in [0.4, 0.5) is 0 Å². The molecule has 0 aromatic carbocycles. The number of aliphatic carboxylic acids is 1. The van der Waals surface area contributed by atoms with E-state index in [-0.39, 0.29) is 31.5 Å². The van der Waals surface area contributed by atoms with Gasteiger partial charge in [0.25, 0.3) is 0 Å². The first-order valence-corrected chi connectivity index (χ1v) is 7.99. The zero-order chi connectivity index (χ0) is 15.3. The van der Waals surface area contributed by atoms with Gasteiger partial charge in [-0.3, -0.25) is 9.59 Å². The maximum Gasteiger partial charge on any atom is 0.323 e. The number of sulfonamides is 1. The van der Waals surface area contributed by atoms with Crippen LogP contribution in [0.15, 0.2) is 0 Å². The summed E-state index contributed by atoms with van der Waals surface area (Å²) in [7, 11) is -3.24. The van der Waals surface area contributed by atoms with E-state index in [4.69, 9.17) is 11.5 Å². The van der Waals surface area contributed by atoms with Crippen LogP contribution < -0.4 is 0 Å². The molecule has 8 heteroatoms. The highest BCUT2D eigenvalue weighted by molar-refractivity contribution is 7.88. The Kier molecular flexibility index (Phi) is 5.53. The van der Waals surface area contributed by atoms with Crippen LogP contribution in [0.3, 0.4) is 0 Å². The second-order valence-electron chi connectivity index (χ2n) is 4.73. The van der Waals surface area contributed by atoms with Crippen molar-refractivity contribution in [3.63, 3.8) is 0 Å². The minimum Gasteiger partial charge on any atom is -0.480 e. The summed E-state index contributed by atoms with van der Waals surface area (Å²) in [5.74, 6) is 0.443. The third-order valence-corrected chi connectivity index (χ3v) is 4.50. The number of rotatable bonds is 5. The lowest BCUT2D eigenvalue weighted by molar-refractivity contribution is -0.146. The van der Waals surface area contributed by atoms with Crippen LogP contribution >= 0.6 is 0 Å². The first-order chi connectivity index (χ1) is 9.25. The first kappa shape index (κ1) is 16.5. The van der Waals surface area contributed by atoms with Crippen molar-refractivity contribution in [3.05, 3.63) is 0 Å². The van der Waals surface area contributed by atoms with Crippen LogP contribution in [0, 0.1) is 18.3 Å². The van der Waals surface area contributed by atoms with Gasteiger partial charge < -0.3 is 10.0 Å². The van der Waals surface area contributed by atoms with Gasteiger partial charge in [-0.2, -0.15) is 0 Å². The molecule has 112 valence electrons. The second-order valence-corrected chi connectivity index (χ2v) is 6.71. The molecule has 1 fully saturated rings. The Morgan fingerprint density at radius 3 is 2.35 bits per heavy atom. The van der Waals surface area contributed by atoms with Gasteiger partial charge in [-0.05, 0) is 12.8 Å². The first-order valence-electron chi connectivity index (χ1n) is 6.15. The van der Waals surface area contributed by atoms with E-state index >= 15 is 0 Å². The van der Waals surface area contributed by atoms with Crippen LogP contribution in [-0.2, 0) is 19.6 Å². The van der Waals surface area contributed by atoms with Gasteiger partial charge >= 0.3 is 5.97 Å². The predicted molar refractivity (Wildman–Crippen MR) is 72.2 cm³/mol. The number of nitrogens with zero attached hydrogens (tertiary/aromatic N) is 2. The maximum atomic E-state index is 12.2. The number of hydrogen-bond acceptors (Lipinski definition) is 4. The Morgan fingerprint density at radius 1 is 1.40 bits per heavy atom. The average Bonchev–Trinajstić information content (AvgIpc) is 2.36. The lowest BCUT2D eigenvalue weighted by Crippen LogP contribution is -2.45. The van der Waals surface area contributed by atoms with E-state index in [2.05, 4.69) is 5.92 Å². The molecule has 0 aromatic heterocycles. The molecule has 0 atom stereocenters. The zero-order valence-electron chi connectivity index (χ0n) is 11.3. The summed E-state index contributed by atoms with van der Waals surface area (Å²) in [6, 6.07) is 0. The van der Waals surface area contributed by atoms with Gasteiger partial charge in [-0.1, -0.05) is 5.92 Å². The minimum absolute atomic E-state index is 0.0581. The zero-order valence-corrected chi connectivity index (χ0v) is 12.1. The highest BCUT2D eigenvalue weighted by Gasteiger charge is 2.31. The number of piperidine rings is 1. The topological polar surface area (TPSA) is 95.0 Å². The normalized spacial score (nSPS) is 17.4. The standard InChI is InChI=1S/C12H18N2O5S/c1-3-6-13(9-11(15)16)12(17)10-4-7-14(8-5-10)20(2,18)19/h1,10H,4-9H2,2H3,(H,15,16). The Hall–Kier alpha value is -1.59. The molecule has 0 aliphatic carbocycles. The maximum absolute atomic E-state index is 12.2. The molecule has 0 unspecified atom stereocenters. The van der Waals surface area contributed by atoms with Crippen LogP contribution in [-0.4, -0.2) is 67.0 Å². The van der Waals surface area contributed by atoms with E-state index in [1.165, 1.54) is 4.31 Å². The Labute approximate surface area is 118 Å². The minimum atomic E-state index is -3.24. The summed E-state index contributed by atoms with van der Waals surface area (Å²) in [5, 5.41) is 8.76. The Bertz CT molecular complexity index is 514. The molecule has 0 spiro atoms. The largest absolute Gasteiger partial charge is 0.480 e. The van der Waals surface area contributed by atoms with Crippen molar-refractivity contribution in [1.29, 1.82) is 0 Å². The van der Waals surface area contributed by atoms with Gasteiger partial charge in [0.1, 0.15) is 6.54 Å². The van der Waals surface area contributed by atoms with Crippen molar-refractivity contribution >= 4 is 21.9 Å². The lowest BCUT2D eigenvalue weighted by Gasteiger charge is -2.32. The highest BCUT2D eigenvalue weighted by Crippen LogP contribution is 2.21. The monoisotopic (exact) mass is 302 g/mol. The molecule has 7 nitrogen and oxygen atoms in total.